The molecule has 0 amide bonds. The average molecular weight is 155 g/mol. The Balaban J connectivity index is 1.93. The second-order valence-electron chi connectivity index (χ2n) is 4.26. The molecule has 0 N–H and O–H groups in total. The summed E-state index contributed by atoms with van der Waals surface area (Å²) in [5.41, 5.74) is 0. The lowest BCUT2D eigenvalue weighted by Gasteiger charge is -2.12. The summed E-state index contributed by atoms with van der Waals surface area (Å²) < 4.78 is 0. The lowest BCUT2D eigenvalue weighted by atomic mass is 10.0. The Morgan fingerprint density at radius 1 is 1.36 bits per heavy atom. The maximum Gasteiger partial charge on any atom is -0.00247 e. The molecule has 1 nitrogen and oxygen atoms in total. The highest BCUT2D eigenvalue weighted by atomic mass is 15.0. The van der Waals surface area contributed by atoms with Crippen LogP contribution in [-0.2, 0) is 0 Å². The number of hydrogen-bond acceptors (Lipinski definition) is 1. The highest BCUT2D eigenvalue weighted by molar-refractivity contribution is 4.78. The summed E-state index contributed by atoms with van der Waals surface area (Å²) in [7, 11) is 4.31. The van der Waals surface area contributed by atoms with E-state index in [1.165, 1.54) is 32.2 Å². The Morgan fingerprint density at radius 3 is 2.45 bits per heavy atom. The van der Waals surface area contributed by atoms with Crippen LogP contribution in [0.25, 0.3) is 0 Å². The predicted octanol–water partition coefficient (Wildman–Crippen LogP) is 2.37. The van der Waals surface area contributed by atoms with Gasteiger partial charge in [0, 0.05) is 0 Å². The van der Waals surface area contributed by atoms with Crippen LogP contribution in [-0.4, -0.2) is 25.5 Å². The molecule has 1 fully saturated rings. The van der Waals surface area contributed by atoms with E-state index in [0.29, 0.717) is 0 Å². The van der Waals surface area contributed by atoms with Gasteiger partial charge in [0.15, 0.2) is 0 Å². The molecule has 0 aromatic heterocycles. The topological polar surface area (TPSA) is 3.24 Å². The third-order valence-corrected chi connectivity index (χ3v) is 2.69. The molecule has 66 valence electrons. The zero-order chi connectivity index (χ0) is 8.27. The smallest absolute Gasteiger partial charge is 0.00247 e. The highest BCUT2D eigenvalue weighted by Gasteiger charge is 2.26. The van der Waals surface area contributed by atoms with Crippen LogP contribution in [0, 0.1) is 11.8 Å². The first kappa shape index (κ1) is 9.05. The van der Waals surface area contributed by atoms with Crippen LogP contribution in [0.4, 0.5) is 0 Å². The average Bonchev–Trinajstić information content (AvgIpc) is 2.66. The third-order valence-electron chi connectivity index (χ3n) is 2.69. The number of hydrogen-bond donors (Lipinski definition) is 0. The van der Waals surface area contributed by atoms with Crippen molar-refractivity contribution in [3.63, 3.8) is 0 Å². The van der Waals surface area contributed by atoms with Crippen molar-refractivity contribution in [1.29, 1.82) is 0 Å². The first-order chi connectivity index (χ1) is 5.20. The van der Waals surface area contributed by atoms with Crippen molar-refractivity contribution in [2.45, 2.75) is 32.6 Å². The number of nitrogens with zero attached hydrogens (tertiary/aromatic N) is 1. The van der Waals surface area contributed by atoms with Crippen molar-refractivity contribution in [3.05, 3.63) is 0 Å². The maximum atomic E-state index is 2.41. The lowest BCUT2D eigenvalue weighted by molar-refractivity contribution is 0.360. The van der Waals surface area contributed by atoms with Crippen molar-refractivity contribution in [1.82, 2.24) is 4.90 Å². The van der Waals surface area contributed by atoms with Gasteiger partial charge in [-0.3, -0.25) is 0 Å². The molecule has 0 radical (unpaired) electrons. The van der Waals surface area contributed by atoms with Crippen molar-refractivity contribution in [3.8, 4) is 0 Å². The number of rotatable bonds is 5. The minimum atomic E-state index is 0.995. The van der Waals surface area contributed by atoms with Crippen molar-refractivity contribution in [2.24, 2.45) is 11.8 Å². The zero-order valence-electron chi connectivity index (χ0n) is 8.14. The standard InChI is InChI=1S/C10H21N/c1-9(10-6-7-10)5-4-8-11(2)3/h9-10H,4-8H2,1-3H3. The fourth-order valence-electron chi connectivity index (χ4n) is 1.63. The Morgan fingerprint density at radius 2 is 2.00 bits per heavy atom. The molecule has 1 saturated carbocycles. The summed E-state index contributed by atoms with van der Waals surface area (Å²) in [5, 5.41) is 0. The van der Waals surface area contributed by atoms with Crippen LogP contribution in [0.15, 0.2) is 0 Å². The quantitative estimate of drug-likeness (QED) is 0.589. The molecule has 1 rings (SSSR count). The van der Waals surface area contributed by atoms with E-state index in [-0.39, 0.29) is 0 Å². The van der Waals surface area contributed by atoms with Gasteiger partial charge < -0.3 is 4.90 Å². The third kappa shape index (κ3) is 3.76. The molecule has 0 aromatic rings. The molecule has 0 aliphatic heterocycles. The zero-order valence-corrected chi connectivity index (χ0v) is 8.14. The molecule has 1 heteroatoms. The molecule has 1 atom stereocenters. The summed E-state index contributed by atoms with van der Waals surface area (Å²) in [6, 6.07) is 0. The van der Waals surface area contributed by atoms with Crippen LogP contribution in [0.5, 0.6) is 0 Å². The van der Waals surface area contributed by atoms with Crippen LogP contribution in [0.2, 0.25) is 0 Å². The van der Waals surface area contributed by atoms with Gasteiger partial charge in [0.05, 0.1) is 0 Å². The van der Waals surface area contributed by atoms with Gasteiger partial charge in [-0.25, -0.2) is 0 Å². The first-order valence-electron chi connectivity index (χ1n) is 4.85. The molecule has 0 spiro atoms. The Kier molecular flexibility index (Phi) is 3.38. The van der Waals surface area contributed by atoms with Crippen molar-refractivity contribution >= 4 is 0 Å². The van der Waals surface area contributed by atoms with Crippen LogP contribution in [0.3, 0.4) is 0 Å². The van der Waals surface area contributed by atoms with E-state index < -0.39 is 0 Å². The molecule has 1 unspecified atom stereocenters. The monoisotopic (exact) mass is 155 g/mol. The molecule has 0 aromatic carbocycles. The summed E-state index contributed by atoms with van der Waals surface area (Å²) in [4.78, 5) is 2.28. The van der Waals surface area contributed by atoms with Gasteiger partial charge in [-0.1, -0.05) is 6.92 Å². The highest BCUT2D eigenvalue weighted by Crippen LogP contribution is 2.38. The first-order valence-corrected chi connectivity index (χ1v) is 4.85. The van der Waals surface area contributed by atoms with Gasteiger partial charge in [-0.05, 0) is 58.2 Å². The van der Waals surface area contributed by atoms with Crippen LogP contribution in [0.1, 0.15) is 32.6 Å². The summed E-state index contributed by atoms with van der Waals surface area (Å²) >= 11 is 0. The van der Waals surface area contributed by atoms with E-state index in [9.17, 15) is 0 Å². The van der Waals surface area contributed by atoms with Gasteiger partial charge in [0.25, 0.3) is 0 Å². The Labute approximate surface area is 70.8 Å². The van der Waals surface area contributed by atoms with E-state index in [0.717, 1.165) is 11.8 Å². The molecule has 1 aliphatic carbocycles. The summed E-state index contributed by atoms with van der Waals surface area (Å²) in [6.45, 7) is 3.67. The molecule has 0 bridgehead atoms. The van der Waals surface area contributed by atoms with Gasteiger partial charge in [0.1, 0.15) is 0 Å². The molecule has 0 heterocycles. The predicted molar refractivity (Wildman–Crippen MR) is 49.7 cm³/mol. The maximum absolute atomic E-state index is 2.41. The summed E-state index contributed by atoms with van der Waals surface area (Å²) in [6.07, 6.45) is 5.82. The lowest BCUT2D eigenvalue weighted by Crippen LogP contribution is -2.14. The SMILES string of the molecule is CC(CCCN(C)C)C1CC1. The normalized spacial score (nSPS) is 20.7. The van der Waals surface area contributed by atoms with Crippen molar-refractivity contribution < 1.29 is 0 Å². The van der Waals surface area contributed by atoms with E-state index in [1.54, 1.807) is 0 Å². The minimum absolute atomic E-state index is 0.995. The second-order valence-corrected chi connectivity index (χ2v) is 4.26. The second kappa shape index (κ2) is 4.10. The molecular formula is C10H21N. The van der Waals surface area contributed by atoms with E-state index in [2.05, 4.69) is 25.9 Å². The summed E-state index contributed by atoms with van der Waals surface area (Å²) in [5.74, 6) is 2.09. The molecule has 11 heavy (non-hydrogen) atoms. The van der Waals surface area contributed by atoms with E-state index in [1.807, 2.05) is 0 Å². The fourth-order valence-corrected chi connectivity index (χ4v) is 1.63. The van der Waals surface area contributed by atoms with Gasteiger partial charge >= 0.3 is 0 Å². The molecule has 1 aliphatic rings. The van der Waals surface area contributed by atoms with Crippen molar-refractivity contribution in [2.75, 3.05) is 20.6 Å². The Hall–Kier alpha value is -0.0400. The van der Waals surface area contributed by atoms with Crippen LogP contribution < -0.4 is 0 Å². The van der Waals surface area contributed by atoms with Crippen LogP contribution >= 0.6 is 0 Å². The van der Waals surface area contributed by atoms with Gasteiger partial charge in [-0.2, -0.15) is 0 Å². The van der Waals surface area contributed by atoms with E-state index >= 15 is 0 Å². The Bertz CT molecular complexity index is 105. The fraction of sp³-hybridized carbons (Fsp3) is 1.00. The van der Waals surface area contributed by atoms with Gasteiger partial charge in [-0.15, -0.1) is 0 Å². The molecular weight excluding hydrogens is 134 g/mol. The largest absolute Gasteiger partial charge is 0.309 e. The van der Waals surface area contributed by atoms with E-state index in [4.69, 9.17) is 0 Å². The van der Waals surface area contributed by atoms with Gasteiger partial charge in [0.2, 0.25) is 0 Å². The minimum Gasteiger partial charge on any atom is -0.309 e. The molecule has 0 saturated heterocycles.